The van der Waals surface area contributed by atoms with Crippen molar-refractivity contribution in [3.8, 4) is 11.5 Å². The molecule has 0 saturated carbocycles. The molecule has 0 aliphatic heterocycles. The first-order valence-electron chi connectivity index (χ1n) is 5.59. The van der Waals surface area contributed by atoms with Gasteiger partial charge in [0.15, 0.2) is 0 Å². The van der Waals surface area contributed by atoms with Crippen molar-refractivity contribution < 1.29 is 9.84 Å². The molecule has 0 bridgehead atoms. The Morgan fingerprint density at radius 2 is 1.50 bits per heavy atom. The van der Waals surface area contributed by atoms with Crippen LogP contribution in [0.3, 0.4) is 0 Å². The van der Waals surface area contributed by atoms with Gasteiger partial charge in [0.05, 0.1) is 12.6 Å². The molecule has 3 N–H and O–H groups in total. The second-order valence-corrected chi connectivity index (χ2v) is 4.83. The van der Waals surface area contributed by atoms with E-state index in [0.29, 0.717) is 0 Å². The molecule has 2 rings (SSSR count). The summed E-state index contributed by atoms with van der Waals surface area (Å²) in [4.78, 5) is 0. The molecule has 3 nitrogen and oxygen atoms in total. The summed E-state index contributed by atoms with van der Waals surface area (Å²) >= 11 is 3.37. The molecule has 2 aromatic rings. The summed E-state index contributed by atoms with van der Waals surface area (Å²) in [6.45, 7) is -0.0626. The first-order valence-corrected chi connectivity index (χ1v) is 6.38. The Hall–Kier alpha value is -1.36. The maximum atomic E-state index is 8.96. The molecule has 0 spiro atoms. The molecular formula is C14H14BrNO2. The lowest BCUT2D eigenvalue weighted by atomic mass is 10.1. The van der Waals surface area contributed by atoms with Crippen LogP contribution in [0.15, 0.2) is 53.0 Å². The Kier molecular flexibility index (Phi) is 4.36. The predicted molar refractivity (Wildman–Crippen MR) is 74.7 cm³/mol. The van der Waals surface area contributed by atoms with E-state index in [4.69, 9.17) is 15.6 Å². The SMILES string of the molecule is N[C@H](CO)c1ccc(Oc2ccc(Br)cc2)cc1. The Balaban J connectivity index is 2.08. The normalized spacial score (nSPS) is 12.2. The second-order valence-electron chi connectivity index (χ2n) is 3.91. The van der Waals surface area contributed by atoms with Crippen LogP contribution in [0.25, 0.3) is 0 Å². The second kappa shape index (κ2) is 6.00. The average Bonchev–Trinajstić information content (AvgIpc) is 2.41. The lowest BCUT2D eigenvalue weighted by Gasteiger charge is -2.10. The van der Waals surface area contributed by atoms with Gasteiger partial charge in [0.2, 0.25) is 0 Å². The van der Waals surface area contributed by atoms with Gasteiger partial charge in [-0.1, -0.05) is 28.1 Å². The highest BCUT2D eigenvalue weighted by molar-refractivity contribution is 9.10. The van der Waals surface area contributed by atoms with Crippen LogP contribution >= 0.6 is 15.9 Å². The standard InChI is InChI=1S/C14H14BrNO2/c15-11-3-7-13(8-4-11)18-12-5-1-10(2-6-12)14(16)9-17/h1-8,14,17H,9,16H2/t14-/m1/s1. The molecule has 0 amide bonds. The highest BCUT2D eigenvalue weighted by atomic mass is 79.9. The molecule has 0 unspecified atom stereocenters. The van der Waals surface area contributed by atoms with Gasteiger partial charge in [-0.25, -0.2) is 0 Å². The third-order valence-electron chi connectivity index (χ3n) is 2.55. The fraction of sp³-hybridized carbons (Fsp3) is 0.143. The monoisotopic (exact) mass is 307 g/mol. The van der Waals surface area contributed by atoms with Gasteiger partial charge < -0.3 is 15.6 Å². The largest absolute Gasteiger partial charge is 0.457 e. The van der Waals surface area contributed by atoms with Crippen molar-refractivity contribution in [2.45, 2.75) is 6.04 Å². The van der Waals surface area contributed by atoms with Crippen LogP contribution in [-0.4, -0.2) is 11.7 Å². The van der Waals surface area contributed by atoms with E-state index in [1.165, 1.54) is 0 Å². The fourth-order valence-electron chi connectivity index (χ4n) is 1.53. The van der Waals surface area contributed by atoms with Gasteiger partial charge in [-0.2, -0.15) is 0 Å². The van der Waals surface area contributed by atoms with E-state index >= 15 is 0 Å². The lowest BCUT2D eigenvalue weighted by molar-refractivity contribution is 0.268. The number of benzene rings is 2. The van der Waals surface area contributed by atoms with Crippen molar-refractivity contribution in [1.29, 1.82) is 0 Å². The number of rotatable bonds is 4. The molecule has 0 saturated heterocycles. The molecule has 18 heavy (non-hydrogen) atoms. The first-order chi connectivity index (χ1) is 8.69. The highest BCUT2D eigenvalue weighted by Crippen LogP contribution is 2.24. The summed E-state index contributed by atoms with van der Waals surface area (Å²) < 4.78 is 6.69. The van der Waals surface area contributed by atoms with Crippen molar-refractivity contribution in [3.05, 3.63) is 58.6 Å². The summed E-state index contributed by atoms with van der Waals surface area (Å²) in [7, 11) is 0. The molecule has 4 heteroatoms. The summed E-state index contributed by atoms with van der Waals surface area (Å²) in [6, 6.07) is 14.7. The van der Waals surface area contributed by atoms with Gasteiger partial charge >= 0.3 is 0 Å². The molecule has 94 valence electrons. The van der Waals surface area contributed by atoms with E-state index in [0.717, 1.165) is 21.5 Å². The number of hydrogen-bond donors (Lipinski definition) is 2. The van der Waals surface area contributed by atoms with Crippen molar-refractivity contribution >= 4 is 15.9 Å². The Morgan fingerprint density at radius 3 is 2.00 bits per heavy atom. The summed E-state index contributed by atoms with van der Waals surface area (Å²) in [6.07, 6.45) is 0. The van der Waals surface area contributed by atoms with E-state index in [2.05, 4.69) is 15.9 Å². The zero-order chi connectivity index (χ0) is 13.0. The Bertz CT molecular complexity index is 496. The lowest BCUT2D eigenvalue weighted by Crippen LogP contribution is -2.14. The van der Waals surface area contributed by atoms with Crippen LogP contribution in [0.5, 0.6) is 11.5 Å². The Morgan fingerprint density at radius 1 is 1.00 bits per heavy atom. The first kappa shape index (κ1) is 13.1. The van der Waals surface area contributed by atoms with Crippen LogP contribution in [0.4, 0.5) is 0 Å². The molecule has 0 fully saturated rings. The van der Waals surface area contributed by atoms with Crippen molar-refractivity contribution in [1.82, 2.24) is 0 Å². The van der Waals surface area contributed by atoms with Crippen LogP contribution in [-0.2, 0) is 0 Å². The predicted octanol–water partition coefficient (Wildman–Crippen LogP) is 3.23. The zero-order valence-electron chi connectivity index (χ0n) is 9.71. The van der Waals surface area contributed by atoms with Crippen LogP contribution < -0.4 is 10.5 Å². The van der Waals surface area contributed by atoms with Crippen molar-refractivity contribution in [2.75, 3.05) is 6.61 Å². The maximum absolute atomic E-state index is 8.96. The summed E-state index contributed by atoms with van der Waals surface area (Å²) in [5.74, 6) is 1.52. The fourth-order valence-corrected chi connectivity index (χ4v) is 1.79. The highest BCUT2D eigenvalue weighted by Gasteiger charge is 2.04. The molecule has 0 aromatic heterocycles. The van der Waals surface area contributed by atoms with Crippen LogP contribution in [0.2, 0.25) is 0 Å². The third kappa shape index (κ3) is 3.32. The number of halogens is 1. The number of aliphatic hydroxyl groups excluding tert-OH is 1. The van der Waals surface area contributed by atoms with Crippen molar-refractivity contribution in [2.24, 2.45) is 5.73 Å². The molecule has 0 aliphatic carbocycles. The average molecular weight is 308 g/mol. The van der Waals surface area contributed by atoms with E-state index in [9.17, 15) is 0 Å². The van der Waals surface area contributed by atoms with E-state index in [-0.39, 0.29) is 12.6 Å². The quantitative estimate of drug-likeness (QED) is 0.912. The number of ether oxygens (including phenoxy) is 1. The van der Waals surface area contributed by atoms with Crippen LogP contribution in [0, 0.1) is 0 Å². The minimum atomic E-state index is -0.341. The number of aliphatic hydroxyl groups is 1. The van der Waals surface area contributed by atoms with Gasteiger partial charge in [-0.15, -0.1) is 0 Å². The summed E-state index contributed by atoms with van der Waals surface area (Å²) in [5.41, 5.74) is 6.61. The minimum absolute atomic E-state index is 0.0626. The van der Waals surface area contributed by atoms with Gasteiger partial charge in [-0.05, 0) is 42.0 Å². The minimum Gasteiger partial charge on any atom is -0.457 e. The van der Waals surface area contributed by atoms with Crippen LogP contribution in [0.1, 0.15) is 11.6 Å². The topological polar surface area (TPSA) is 55.5 Å². The van der Waals surface area contributed by atoms with Gasteiger partial charge in [0.25, 0.3) is 0 Å². The Labute approximate surface area is 114 Å². The zero-order valence-corrected chi connectivity index (χ0v) is 11.3. The summed E-state index contributed by atoms with van der Waals surface area (Å²) in [5, 5.41) is 8.96. The van der Waals surface area contributed by atoms with Gasteiger partial charge in [0.1, 0.15) is 11.5 Å². The number of nitrogens with two attached hydrogens (primary N) is 1. The number of hydrogen-bond acceptors (Lipinski definition) is 3. The molecule has 0 radical (unpaired) electrons. The molecule has 0 aliphatic rings. The maximum Gasteiger partial charge on any atom is 0.127 e. The molecule has 1 atom stereocenters. The van der Waals surface area contributed by atoms with E-state index in [1.807, 2.05) is 48.5 Å². The van der Waals surface area contributed by atoms with E-state index < -0.39 is 0 Å². The molecule has 0 heterocycles. The molecule has 2 aromatic carbocycles. The van der Waals surface area contributed by atoms with Crippen molar-refractivity contribution in [3.63, 3.8) is 0 Å². The van der Waals surface area contributed by atoms with E-state index in [1.54, 1.807) is 0 Å². The third-order valence-corrected chi connectivity index (χ3v) is 3.08. The smallest absolute Gasteiger partial charge is 0.127 e. The van der Waals surface area contributed by atoms with Gasteiger partial charge in [-0.3, -0.25) is 0 Å². The van der Waals surface area contributed by atoms with Gasteiger partial charge in [0, 0.05) is 4.47 Å². The molecular weight excluding hydrogens is 294 g/mol.